The van der Waals surface area contributed by atoms with Gasteiger partial charge < -0.3 is 15.4 Å². The minimum absolute atomic E-state index is 0.247. The maximum Gasteiger partial charge on any atom is 0.134 e. The molecule has 2 saturated heterocycles. The van der Waals surface area contributed by atoms with Crippen LogP contribution in [-0.2, 0) is 11.2 Å². The Kier molecular flexibility index (Phi) is 4.55. The van der Waals surface area contributed by atoms with E-state index in [1.165, 1.54) is 19.4 Å². The summed E-state index contributed by atoms with van der Waals surface area (Å²) in [5.74, 6) is 1.82. The molecule has 0 aromatic carbocycles. The molecule has 3 heterocycles. The number of fused-ring (bicyclic) bond motifs is 1. The highest BCUT2D eigenvalue weighted by Crippen LogP contribution is 2.24. The second-order valence-electron chi connectivity index (χ2n) is 5.78. The lowest BCUT2D eigenvalue weighted by atomic mass is 10.2. The van der Waals surface area contributed by atoms with Crippen molar-refractivity contribution in [3.63, 3.8) is 0 Å². The number of hydrogen-bond acceptors (Lipinski definition) is 6. The standard InChI is InChI=1S/C15H25N5O/c1-3-13-14(16-2)18-10-19-15(13)17-7-12-8-20-6-4-5-11(20)9-21-12/h10-12H,3-9H2,1-2H3,(H2,16,17,18,19). The predicted molar refractivity (Wildman–Crippen MR) is 83.8 cm³/mol. The van der Waals surface area contributed by atoms with Crippen molar-refractivity contribution in [2.45, 2.75) is 38.3 Å². The third kappa shape index (κ3) is 3.11. The van der Waals surface area contributed by atoms with Crippen LogP contribution in [0.1, 0.15) is 25.3 Å². The van der Waals surface area contributed by atoms with E-state index in [0.29, 0.717) is 6.04 Å². The first kappa shape index (κ1) is 14.5. The zero-order valence-corrected chi connectivity index (χ0v) is 12.9. The first-order chi connectivity index (χ1) is 10.3. The maximum atomic E-state index is 5.98. The van der Waals surface area contributed by atoms with Gasteiger partial charge in [0.05, 0.1) is 12.7 Å². The summed E-state index contributed by atoms with van der Waals surface area (Å²) in [4.78, 5) is 11.2. The van der Waals surface area contributed by atoms with E-state index >= 15 is 0 Å². The van der Waals surface area contributed by atoms with Crippen LogP contribution in [0.5, 0.6) is 0 Å². The largest absolute Gasteiger partial charge is 0.373 e. The van der Waals surface area contributed by atoms with Crippen LogP contribution >= 0.6 is 0 Å². The Morgan fingerprint density at radius 3 is 3.05 bits per heavy atom. The zero-order valence-electron chi connectivity index (χ0n) is 12.9. The summed E-state index contributed by atoms with van der Waals surface area (Å²) < 4.78 is 5.98. The van der Waals surface area contributed by atoms with Gasteiger partial charge in [-0.3, -0.25) is 4.90 Å². The molecule has 6 nitrogen and oxygen atoms in total. The van der Waals surface area contributed by atoms with Crippen molar-refractivity contribution in [1.82, 2.24) is 14.9 Å². The minimum atomic E-state index is 0.247. The molecule has 0 spiro atoms. The van der Waals surface area contributed by atoms with E-state index in [0.717, 1.165) is 43.3 Å². The van der Waals surface area contributed by atoms with Crippen LogP contribution in [0.15, 0.2) is 6.33 Å². The molecule has 116 valence electrons. The van der Waals surface area contributed by atoms with Gasteiger partial charge in [-0.15, -0.1) is 0 Å². The van der Waals surface area contributed by atoms with E-state index in [9.17, 15) is 0 Å². The molecule has 1 aromatic heterocycles. The number of nitrogens with zero attached hydrogens (tertiary/aromatic N) is 3. The molecular formula is C15H25N5O. The predicted octanol–water partition coefficient (Wildman–Crippen LogP) is 1.36. The fourth-order valence-corrected chi connectivity index (χ4v) is 3.33. The lowest BCUT2D eigenvalue weighted by Gasteiger charge is -2.35. The number of anilines is 2. The van der Waals surface area contributed by atoms with Gasteiger partial charge in [0.15, 0.2) is 0 Å². The van der Waals surface area contributed by atoms with Gasteiger partial charge in [0.25, 0.3) is 0 Å². The summed E-state index contributed by atoms with van der Waals surface area (Å²) in [6.07, 6.45) is 5.35. The molecule has 3 rings (SSSR count). The van der Waals surface area contributed by atoms with Gasteiger partial charge in [-0.2, -0.15) is 0 Å². The van der Waals surface area contributed by atoms with Crippen molar-refractivity contribution in [2.24, 2.45) is 0 Å². The smallest absolute Gasteiger partial charge is 0.134 e. The van der Waals surface area contributed by atoms with Gasteiger partial charge in [0, 0.05) is 31.7 Å². The van der Waals surface area contributed by atoms with Crippen molar-refractivity contribution in [3.8, 4) is 0 Å². The van der Waals surface area contributed by atoms with E-state index in [2.05, 4.69) is 32.4 Å². The van der Waals surface area contributed by atoms with Gasteiger partial charge >= 0.3 is 0 Å². The van der Waals surface area contributed by atoms with Crippen molar-refractivity contribution < 1.29 is 4.74 Å². The second-order valence-corrected chi connectivity index (χ2v) is 5.78. The SMILES string of the molecule is CCc1c(NC)ncnc1NCC1CN2CCCC2CO1. The Morgan fingerprint density at radius 2 is 2.24 bits per heavy atom. The highest BCUT2D eigenvalue weighted by molar-refractivity contribution is 5.57. The van der Waals surface area contributed by atoms with Crippen molar-refractivity contribution in [1.29, 1.82) is 0 Å². The highest BCUT2D eigenvalue weighted by atomic mass is 16.5. The van der Waals surface area contributed by atoms with Crippen LogP contribution in [0.25, 0.3) is 0 Å². The van der Waals surface area contributed by atoms with Gasteiger partial charge in [-0.05, 0) is 25.8 Å². The average Bonchev–Trinajstić information content (AvgIpc) is 2.99. The van der Waals surface area contributed by atoms with Crippen LogP contribution in [0, 0.1) is 0 Å². The molecule has 0 aliphatic carbocycles. The molecule has 2 aliphatic heterocycles. The lowest BCUT2D eigenvalue weighted by molar-refractivity contribution is -0.0416. The van der Waals surface area contributed by atoms with Crippen LogP contribution in [0.3, 0.4) is 0 Å². The molecule has 6 heteroatoms. The summed E-state index contributed by atoms with van der Waals surface area (Å²) in [5, 5.41) is 6.57. The zero-order chi connectivity index (χ0) is 14.7. The fraction of sp³-hybridized carbons (Fsp3) is 0.733. The molecular weight excluding hydrogens is 266 g/mol. The molecule has 2 atom stereocenters. The number of rotatable bonds is 5. The van der Waals surface area contributed by atoms with Crippen molar-refractivity contribution >= 4 is 11.6 Å². The van der Waals surface area contributed by atoms with Gasteiger partial charge in [-0.1, -0.05) is 6.92 Å². The molecule has 1 aromatic rings. The molecule has 0 radical (unpaired) electrons. The number of nitrogens with one attached hydrogen (secondary N) is 2. The Morgan fingerprint density at radius 1 is 1.38 bits per heavy atom. The summed E-state index contributed by atoms with van der Waals surface area (Å²) in [5.41, 5.74) is 1.13. The molecule has 0 bridgehead atoms. The second kappa shape index (κ2) is 6.58. The topological polar surface area (TPSA) is 62.3 Å². The molecule has 2 aliphatic rings. The monoisotopic (exact) mass is 291 g/mol. The normalized spacial score (nSPS) is 25.6. The number of ether oxygens (including phenoxy) is 1. The number of hydrogen-bond donors (Lipinski definition) is 2. The fourth-order valence-electron chi connectivity index (χ4n) is 3.33. The first-order valence-electron chi connectivity index (χ1n) is 7.93. The van der Waals surface area contributed by atoms with Gasteiger partial charge in [0.2, 0.25) is 0 Å². The first-order valence-corrected chi connectivity index (χ1v) is 7.93. The van der Waals surface area contributed by atoms with Crippen LogP contribution < -0.4 is 10.6 Å². The van der Waals surface area contributed by atoms with Gasteiger partial charge in [-0.25, -0.2) is 9.97 Å². The molecule has 2 N–H and O–H groups in total. The molecule has 0 amide bonds. The molecule has 0 saturated carbocycles. The Hall–Kier alpha value is -1.40. The summed E-state index contributed by atoms with van der Waals surface area (Å²) >= 11 is 0. The third-order valence-corrected chi connectivity index (χ3v) is 4.49. The van der Waals surface area contributed by atoms with E-state index < -0.39 is 0 Å². The number of morpholine rings is 1. The summed E-state index contributed by atoms with van der Waals surface area (Å²) in [7, 11) is 1.89. The van der Waals surface area contributed by atoms with E-state index in [1.54, 1.807) is 6.33 Å². The van der Waals surface area contributed by atoms with Gasteiger partial charge in [0.1, 0.15) is 18.0 Å². The third-order valence-electron chi connectivity index (χ3n) is 4.49. The molecule has 2 fully saturated rings. The van der Waals surface area contributed by atoms with Crippen molar-refractivity contribution in [2.75, 3.05) is 43.9 Å². The minimum Gasteiger partial charge on any atom is -0.373 e. The van der Waals surface area contributed by atoms with E-state index in [1.807, 2.05) is 7.05 Å². The quantitative estimate of drug-likeness (QED) is 0.854. The Balaban J connectivity index is 1.60. The average molecular weight is 291 g/mol. The van der Waals surface area contributed by atoms with E-state index in [4.69, 9.17) is 4.74 Å². The summed E-state index contributed by atoms with van der Waals surface area (Å²) in [6.45, 7) is 6.05. The highest BCUT2D eigenvalue weighted by Gasteiger charge is 2.32. The van der Waals surface area contributed by atoms with Crippen molar-refractivity contribution in [3.05, 3.63) is 11.9 Å². The molecule has 21 heavy (non-hydrogen) atoms. The van der Waals surface area contributed by atoms with E-state index in [-0.39, 0.29) is 6.10 Å². The van der Waals surface area contributed by atoms with Crippen LogP contribution in [0.4, 0.5) is 11.6 Å². The Labute approximate surface area is 126 Å². The molecule has 2 unspecified atom stereocenters. The maximum absolute atomic E-state index is 5.98. The van der Waals surface area contributed by atoms with Crippen LogP contribution in [-0.4, -0.2) is 60.3 Å². The summed E-state index contributed by atoms with van der Waals surface area (Å²) in [6, 6.07) is 0.655. The number of aromatic nitrogens is 2. The lowest BCUT2D eigenvalue weighted by Crippen LogP contribution is -2.48. The van der Waals surface area contributed by atoms with Crippen LogP contribution in [0.2, 0.25) is 0 Å². The Bertz CT molecular complexity index is 481.